The van der Waals surface area contributed by atoms with E-state index in [2.05, 4.69) is 49.4 Å². The highest BCUT2D eigenvalue weighted by atomic mass is 32.1. The summed E-state index contributed by atoms with van der Waals surface area (Å²) in [5, 5.41) is 6.55. The van der Waals surface area contributed by atoms with Gasteiger partial charge in [-0.1, -0.05) is 24.3 Å². The van der Waals surface area contributed by atoms with Crippen molar-refractivity contribution in [1.29, 1.82) is 0 Å². The lowest BCUT2D eigenvalue weighted by Gasteiger charge is -2.23. The second kappa shape index (κ2) is 7.54. The van der Waals surface area contributed by atoms with Gasteiger partial charge in [-0.15, -0.1) is 0 Å². The van der Waals surface area contributed by atoms with Gasteiger partial charge in [-0.3, -0.25) is 4.57 Å². The summed E-state index contributed by atoms with van der Waals surface area (Å²) < 4.78 is 4.86. The van der Waals surface area contributed by atoms with Gasteiger partial charge in [0.2, 0.25) is 0 Å². The third kappa shape index (κ3) is 3.12. The average molecular weight is 423 g/mol. The van der Waals surface area contributed by atoms with Crippen molar-refractivity contribution in [2.75, 3.05) is 14.1 Å². The topological polar surface area (TPSA) is 82.6 Å². The van der Waals surface area contributed by atoms with Gasteiger partial charge in [0.1, 0.15) is 0 Å². The molecule has 156 valence electrons. The fourth-order valence-corrected chi connectivity index (χ4v) is 5.03. The van der Waals surface area contributed by atoms with Crippen LogP contribution in [-0.4, -0.2) is 45.3 Å². The van der Waals surface area contributed by atoms with Gasteiger partial charge < -0.3 is 25.2 Å². The molecule has 6 rings (SSSR count). The predicted octanol–water partition coefficient (Wildman–Crippen LogP) is 2.32. The number of benzene rings is 2. The Balaban J connectivity index is 0.000000128. The molecular formula is C22H26N6OS. The van der Waals surface area contributed by atoms with Crippen molar-refractivity contribution in [3.8, 4) is 0 Å². The number of nitrogens with one attached hydrogen (secondary N) is 4. The molecule has 0 amide bonds. The fraction of sp³-hybridized carbons (Fsp3) is 0.364. The van der Waals surface area contributed by atoms with Gasteiger partial charge in [0.05, 0.1) is 22.1 Å². The third-order valence-corrected chi connectivity index (χ3v) is 6.63. The molecule has 4 N–H and O–H groups in total. The summed E-state index contributed by atoms with van der Waals surface area (Å²) in [6.45, 7) is 1.72. The zero-order valence-corrected chi connectivity index (χ0v) is 18.0. The summed E-state index contributed by atoms with van der Waals surface area (Å²) in [7, 11) is 3.94. The van der Waals surface area contributed by atoms with E-state index in [1.807, 2.05) is 30.8 Å². The van der Waals surface area contributed by atoms with Crippen molar-refractivity contribution in [2.24, 2.45) is 0 Å². The number of rotatable bonds is 2. The van der Waals surface area contributed by atoms with E-state index in [0.29, 0.717) is 12.1 Å². The van der Waals surface area contributed by atoms with E-state index in [0.717, 1.165) is 47.3 Å². The van der Waals surface area contributed by atoms with Crippen molar-refractivity contribution in [3.05, 3.63) is 62.8 Å². The number of likely N-dealkylation sites (N-methyl/N-ethyl adjacent to an activating group) is 2. The van der Waals surface area contributed by atoms with Crippen molar-refractivity contribution >= 4 is 34.3 Å². The maximum Gasteiger partial charge on any atom is 0.326 e. The SMILES string of the molecule is CN[C@@H]1Cc2cccc3[nH]c(=O)n(c23)C1.CN[C@@H]1Cc2cccc3[nH]c(=S)n(c23)C1. The number of hydrogen-bond donors (Lipinski definition) is 4. The van der Waals surface area contributed by atoms with E-state index in [4.69, 9.17) is 12.2 Å². The molecule has 0 spiro atoms. The van der Waals surface area contributed by atoms with Gasteiger partial charge >= 0.3 is 5.69 Å². The molecule has 4 heterocycles. The highest BCUT2D eigenvalue weighted by Gasteiger charge is 2.21. The van der Waals surface area contributed by atoms with Crippen molar-refractivity contribution in [2.45, 2.75) is 38.0 Å². The van der Waals surface area contributed by atoms with Crippen LogP contribution in [0.15, 0.2) is 41.2 Å². The first-order valence-electron chi connectivity index (χ1n) is 10.3. The number of H-pyrrole nitrogens is 2. The molecule has 30 heavy (non-hydrogen) atoms. The summed E-state index contributed by atoms with van der Waals surface area (Å²) in [5.74, 6) is 0. The van der Waals surface area contributed by atoms with Crippen LogP contribution in [0.5, 0.6) is 0 Å². The maximum absolute atomic E-state index is 11.7. The number of nitrogens with zero attached hydrogens (tertiary/aromatic N) is 2. The highest BCUT2D eigenvalue weighted by Crippen LogP contribution is 2.25. The van der Waals surface area contributed by atoms with Gasteiger partial charge in [0.25, 0.3) is 0 Å². The summed E-state index contributed by atoms with van der Waals surface area (Å²) in [4.78, 5) is 17.8. The molecule has 0 fully saturated rings. The van der Waals surface area contributed by atoms with Crippen molar-refractivity contribution in [3.63, 3.8) is 0 Å². The molecule has 2 aliphatic rings. The van der Waals surface area contributed by atoms with Crippen LogP contribution in [-0.2, 0) is 25.9 Å². The largest absolute Gasteiger partial charge is 0.331 e. The normalized spacial score (nSPS) is 19.7. The maximum atomic E-state index is 11.7. The zero-order valence-electron chi connectivity index (χ0n) is 17.2. The number of imidazole rings is 2. The van der Waals surface area contributed by atoms with E-state index < -0.39 is 0 Å². The Bertz CT molecular complexity index is 1240. The first kappa shape index (κ1) is 19.3. The minimum absolute atomic E-state index is 0.00241. The Labute approximate surface area is 179 Å². The molecule has 2 atom stereocenters. The second-order valence-electron chi connectivity index (χ2n) is 8.09. The summed E-state index contributed by atoms with van der Waals surface area (Å²) in [6.07, 6.45) is 2.08. The van der Waals surface area contributed by atoms with Crippen LogP contribution in [0.1, 0.15) is 11.1 Å². The quantitative estimate of drug-likeness (QED) is 0.374. The lowest BCUT2D eigenvalue weighted by Crippen LogP contribution is -2.38. The van der Waals surface area contributed by atoms with E-state index in [-0.39, 0.29) is 5.69 Å². The lowest BCUT2D eigenvalue weighted by molar-refractivity contribution is 0.463. The van der Waals surface area contributed by atoms with Crippen LogP contribution in [0, 0.1) is 4.77 Å². The Morgan fingerprint density at radius 3 is 2.00 bits per heavy atom. The Morgan fingerprint density at radius 1 is 0.867 bits per heavy atom. The Hall–Kier alpha value is -2.68. The number of aromatic amines is 2. The van der Waals surface area contributed by atoms with E-state index in [1.165, 1.54) is 16.6 Å². The van der Waals surface area contributed by atoms with Gasteiger partial charge in [-0.05, 0) is 62.4 Å². The van der Waals surface area contributed by atoms with Crippen LogP contribution in [0.3, 0.4) is 0 Å². The summed E-state index contributed by atoms with van der Waals surface area (Å²) in [6, 6.07) is 13.3. The van der Waals surface area contributed by atoms with E-state index in [9.17, 15) is 4.79 Å². The summed E-state index contributed by atoms with van der Waals surface area (Å²) >= 11 is 5.33. The van der Waals surface area contributed by atoms with E-state index in [1.54, 1.807) is 0 Å². The molecule has 8 heteroatoms. The first-order valence-corrected chi connectivity index (χ1v) is 10.7. The average Bonchev–Trinajstić information content (AvgIpc) is 3.27. The van der Waals surface area contributed by atoms with Crippen LogP contribution in [0.25, 0.3) is 22.1 Å². The van der Waals surface area contributed by atoms with Crippen LogP contribution in [0.4, 0.5) is 0 Å². The molecule has 0 bridgehead atoms. The molecule has 2 aromatic carbocycles. The minimum Gasteiger partial charge on any atom is -0.331 e. The van der Waals surface area contributed by atoms with Gasteiger partial charge in [-0.25, -0.2) is 4.79 Å². The second-order valence-corrected chi connectivity index (χ2v) is 8.47. The van der Waals surface area contributed by atoms with Gasteiger partial charge in [0.15, 0.2) is 4.77 Å². The smallest absolute Gasteiger partial charge is 0.326 e. The van der Waals surface area contributed by atoms with Crippen LogP contribution in [0.2, 0.25) is 0 Å². The molecule has 0 aliphatic carbocycles. The van der Waals surface area contributed by atoms with Gasteiger partial charge in [0, 0.05) is 25.2 Å². The molecule has 7 nitrogen and oxygen atoms in total. The monoisotopic (exact) mass is 422 g/mol. The highest BCUT2D eigenvalue weighted by molar-refractivity contribution is 7.71. The fourth-order valence-electron chi connectivity index (χ4n) is 4.76. The Kier molecular flexibility index (Phi) is 4.85. The molecule has 2 aromatic heterocycles. The van der Waals surface area contributed by atoms with Crippen molar-refractivity contribution in [1.82, 2.24) is 29.7 Å². The molecule has 0 saturated carbocycles. The standard InChI is InChI=1S/C11H13N3O.C11H13N3S/c2*1-12-8-5-7-3-2-4-9-10(7)14(6-8)11(15)13-9/h2*2-4,8,12H,5-6H2,1H3,(H,13,15)/t2*8-/m11/s1. The van der Waals surface area contributed by atoms with Crippen LogP contribution < -0.4 is 16.3 Å². The van der Waals surface area contributed by atoms with Gasteiger partial charge in [-0.2, -0.15) is 0 Å². The molecular weight excluding hydrogens is 396 g/mol. The number of hydrogen-bond acceptors (Lipinski definition) is 4. The number of para-hydroxylation sites is 2. The zero-order chi connectivity index (χ0) is 20.8. The predicted molar refractivity (Wildman–Crippen MR) is 123 cm³/mol. The Morgan fingerprint density at radius 2 is 1.40 bits per heavy atom. The molecule has 0 radical (unpaired) electrons. The molecule has 0 unspecified atom stereocenters. The molecule has 2 aliphatic heterocycles. The third-order valence-electron chi connectivity index (χ3n) is 6.31. The molecule has 0 saturated heterocycles. The molecule has 4 aromatic rings. The first-order chi connectivity index (χ1) is 14.6. The number of aromatic nitrogens is 4. The van der Waals surface area contributed by atoms with Crippen LogP contribution >= 0.6 is 12.2 Å². The lowest BCUT2D eigenvalue weighted by atomic mass is 10.0. The summed E-state index contributed by atoms with van der Waals surface area (Å²) in [5.41, 5.74) is 7.10. The van der Waals surface area contributed by atoms with Crippen molar-refractivity contribution < 1.29 is 0 Å². The minimum atomic E-state index is -0.00241. The van der Waals surface area contributed by atoms with E-state index >= 15 is 0 Å².